The summed E-state index contributed by atoms with van der Waals surface area (Å²) < 4.78 is 0. The van der Waals surface area contributed by atoms with Gasteiger partial charge in [0.05, 0.1) is 0 Å². The highest BCUT2D eigenvalue weighted by molar-refractivity contribution is 8.02. The lowest BCUT2D eigenvalue weighted by Crippen LogP contribution is -2.60. The summed E-state index contributed by atoms with van der Waals surface area (Å²) in [5.41, 5.74) is 9.81. The standard InChI is InChI=1S/C30H17BS3/c1-3-8-18(9-4-1)20-14-16-24-27-29(20)34-30-21(19-10-5-2-6-11-19)15-17-25-28(30)31(27)26-22(32-24)12-7-13-23(26)33-25/h1-17H. The molecule has 0 bridgehead atoms. The van der Waals surface area contributed by atoms with Gasteiger partial charge >= 0.3 is 0 Å². The first-order chi connectivity index (χ1) is 16.9. The van der Waals surface area contributed by atoms with E-state index in [-0.39, 0.29) is 0 Å². The first kappa shape index (κ1) is 19.5. The number of hydrogen-bond acceptors (Lipinski definition) is 3. The zero-order valence-corrected chi connectivity index (χ0v) is 20.6. The average molecular weight is 484 g/mol. The predicted molar refractivity (Wildman–Crippen MR) is 147 cm³/mol. The van der Waals surface area contributed by atoms with Gasteiger partial charge in [-0.25, -0.2) is 0 Å². The van der Waals surface area contributed by atoms with Crippen molar-refractivity contribution < 1.29 is 0 Å². The van der Waals surface area contributed by atoms with Crippen LogP contribution < -0.4 is 16.4 Å². The molecule has 5 aromatic carbocycles. The van der Waals surface area contributed by atoms with Gasteiger partial charge in [-0.1, -0.05) is 114 Å². The second kappa shape index (κ2) is 7.35. The van der Waals surface area contributed by atoms with Crippen molar-refractivity contribution in [2.45, 2.75) is 29.4 Å². The molecule has 3 heterocycles. The number of hydrogen-bond donors (Lipinski definition) is 0. The molecule has 3 aliphatic heterocycles. The topological polar surface area (TPSA) is 0 Å². The van der Waals surface area contributed by atoms with Crippen molar-refractivity contribution in [3.05, 3.63) is 103 Å². The van der Waals surface area contributed by atoms with E-state index in [9.17, 15) is 0 Å². The first-order valence-corrected chi connectivity index (χ1v) is 13.9. The molecule has 158 valence electrons. The highest BCUT2D eigenvalue weighted by Gasteiger charge is 2.44. The Morgan fingerprint density at radius 2 is 0.853 bits per heavy atom. The van der Waals surface area contributed by atoms with Crippen LogP contribution in [0.1, 0.15) is 0 Å². The molecule has 5 aromatic rings. The van der Waals surface area contributed by atoms with E-state index >= 15 is 0 Å². The van der Waals surface area contributed by atoms with Crippen LogP contribution in [0.3, 0.4) is 0 Å². The van der Waals surface area contributed by atoms with E-state index in [1.54, 1.807) is 0 Å². The Bertz CT molecular complexity index is 1510. The van der Waals surface area contributed by atoms with E-state index < -0.39 is 0 Å². The minimum absolute atomic E-state index is 0.303. The van der Waals surface area contributed by atoms with E-state index in [1.165, 1.54) is 68.0 Å². The molecule has 0 atom stereocenters. The molecule has 0 aliphatic carbocycles. The molecule has 0 nitrogen and oxygen atoms in total. The van der Waals surface area contributed by atoms with Gasteiger partial charge in [0.25, 0.3) is 0 Å². The second-order valence-corrected chi connectivity index (χ2v) is 12.0. The van der Waals surface area contributed by atoms with E-state index in [0.717, 1.165) is 0 Å². The van der Waals surface area contributed by atoms with Crippen molar-refractivity contribution >= 4 is 58.4 Å². The molecule has 34 heavy (non-hydrogen) atoms. The summed E-state index contributed by atoms with van der Waals surface area (Å²) in [7, 11) is 0. The summed E-state index contributed by atoms with van der Waals surface area (Å²) in [4.78, 5) is 8.49. The second-order valence-electron chi connectivity index (χ2n) is 8.85. The monoisotopic (exact) mass is 484 g/mol. The highest BCUT2D eigenvalue weighted by Crippen LogP contribution is 2.49. The van der Waals surface area contributed by atoms with E-state index in [4.69, 9.17) is 0 Å². The van der Waals surface area contributed by atoms with Gasteiger partial charge < -0.3 is 0 Å². The summed E-state index contributed by atoms with van der Waals surface area (Å²) >= 11 is 5.88. The molecule has 0 aromatic heterocycles. The highest BCUT2D eigenvalue weighted by atomic mass is 32.2. The largest absolute Gasteiger partial charge is 0.250 e. The molecule has 0 N–H and O–H groups in total. The van der Waals surface area contributed by atoms with Gasteiger partial charge in [0.1, 0.15) is 0 Å². The van der Waals surface area contributed by atoms with Crippen molar-refractivity contribution in [2.24, 2.45) is 0 Å². The zero-order chi connectivity index (χ0) is 22.2. The van der Waals surface area contributed by atoms with E-state index in [2.05, 4.69) is 103 Å². The number of rotatable bonds is 2. The van der Waals surface area contributed by atoms with Crippen LogP contribution in [0.4, 0.5) is 0 Å². The van der Waals surface area contributed by atoms with Gasteiger partial charge in [-0.3, -0.25) is 0 Å². The molecule has 4 heteroatoms. The maximum atomic E-state index is 2.36. The smallest absolute Gasteiger partial charge is 0.0911 e. The summed E-state index contributed by atoms with van der Waals surface area (Å²) in [5, 5.41) is 0. The van der Waals surface area contributed by atoms with Crippen LogP contribution in [0, 0.1) is 0 Å². The maximum Gasteiger partial charge on any atom is 0.250 e. The molecule has 0 radical (unpaired) electrons. The lowest BCUT2D eigenvalue weighted by Gasteiger charge is -2.39. The Morgan fingerprint density at radius 1 is 0.382 bits per heavy atom. The molecule has 0 saturated carbocycles. The molecule has 0 unspecified atom stereocenters. The van der Waals surface area contributed by atoms with Crippen LogP contribution >= 0.6 is 35.3 Å². The fraction of sp³-hybridized carbons (Fsp3) is 0. The zero-order valence-electron chi connectivity index (χ0n) is 18.1. The van der Waals surface area contributed by atoms with Crippen LogP contribution in [-0.2, 0) is 0 Å². The third-order valence-corrected chi connectivity index (χ3v) is 10.6. The molecule has 0 amide bonds. The van der Waals surface area contributed by atoms with Crippen LogP contribution in [-0.4, -0.2) is 6.71 Å². The van der Waals surface area contributed by atoms with Crippen LogP contribution in [0.5, 0.6) is 0 Å². The molecule has 0 spiro atoms. The normalized spacial score (nSPS) is 14.1. The third-order valence-electron chi connectivity index (χ3n) is 7.02. The molecular formula is C30H17BS3. The van der Waals surface area contributed by atoms with Gasteiger partial charge in [0, 0.05) is 29.4 Å². The first-order valence-electron chi connectivity index (χ1n) is 11.5. The summed E-state index contributed by atoms with van der Waals surface area (Å²) in [6.45, 7) is 0.303. The lowest BCUT2D eigenvalue weighted by atomic mass is 9.36. The fourth-order valence-electron chi connectivity index (χ4n) is 5.56. The molecular weight excluding hydrogens is 467 g/mol. The maximum absolute atomic E-state index is 2.36. The van der Waals surface area contributed by atoms with Gasteiger partial charge in [-0.05, 0) is 62.9 Å². The van der Waals surface area contributed by atoms with E-state index in [0.29, 0.717) is 6.71 Å². The summed E-state index contributed by atoms with van der Waals surface area (Å²) in [6.07, 6.45) is 0. The van der Waals surface area contributed by atoms with Gasteiger partial charge in [0.2, 0.25) is 6.71 Å². The van der Waals surface area contributed by atoms with Gasteiger partial charge in [-0.2, -0.15) is 0 Å². The quantitative estimate of drug-likeness (QED) is 0.244. The van der Waals surface area contributed by atoms with Crippen molar-refractivity contribution in [3.8, 4) is 22.3 Å². The summed E-state index contributed by atoms with van der Waals surface area (Å²) in [6, 6.07) is 38.0. The average Bonchev–Trinajstić information content (AvgIpc) is 2.90. The number of benzene rings is 5. The van der Waals surface area contributed by atoms with Crippen LogP contribution in [0.2, 0.25) is 0 Å². The third kappa shape index (κ3) is 2.68. The Morgan fingerprint density at radius 3 is 1.35 bits per heavy atom. The molecule has 0 fully saturated rings. The van der Waals surface area contributed by atoms with Crippen molar-refractivity contribution in [2.75, 3.05) is 0 Å². The van der Waals surface area contributed by atoms with Crippen molar-refractivity contribution in [1.82, 2.24) is 0 Å². The molecule has 8 rings (SSSR count). The molecule has 3 aliphatic rings. The minimum Gasteiger partial charge on any atom is -0.0911 e. The van der Waals surface area contributed by atoms with Crippen molar-refractivity contribution in [3.63, 3.8) is 0 Å². The Hall–Kier alpha value is -2.79. The predicted octanol–water partition coefficient (Wildman–Crippen LogP) is 6.93. The lowest BCUT2D eigenvalue weighted by molar-refractivity contribution is 1.27. The van der Waals surface area contributed by atoms with E-state index in [1.807, 2.05) is 35.3 Å². The van der Waals surface area contributed by atoms with Crippen LogP contribution in [0.25, 0.3) is 22.3 Å². The Kier molecular flexibility index (Phi) is 4.22. The Labute approximate surface area is 212 Å². The fourth-order valence-corrected chi connectivity index (χ4v) is 9.60. The SMILES string of the molecule is c1ccc(-c2ccc3c4c2Sc2c(-c5ccccc5)ccc5c2B4c2c(cccc2S5)S3)cc1. The minimum atomic E-state index is 0.303. The van der Waals surface area contributed by atoms with Crippen molar-refractivity contribution in [1.29, 1.82) is 0 Å². The van der Waals surface area contributed by atoms with Crippen LogP contribution in [0.15, 0.2) is 133 Å². The van der Waals surface area contributed by atoms with Gasteiger partial charge in [0.15, 0.2) is 0 Å². The Balaban J connectivity index is 1.48. The molecule has 0 saturated heterocycles. The summed E-state index contributed by atoms with van der Waals surface area (Å²) in [5.74, 6) is 0. The van der Waals surface area contributed by atoms with Gasteiger partial charge in [-0.15, -0.1) is 0 Å².